The molecule has 7 heteroatoms. The molecule has 1 atom stereocenters. The quantitative estimate of drug-likeness (QED) is 0.610. The first-order valence-electron chi connectivity index (χ1n) is 8.04. The maximum atomic E-state index is 12.7. The van der Waals surface area contributed by atoms with Crippen molar-refractivity contribution in [2.45, 2.75) is 19.5 Å². The third-order valence-electron chi connectivity index (χ3n) is 3.86. The lowest BCUT2D eigenvalue weighted by molar-refractivity contribution is -0.142. The summed E-state index contributed by atoms with van der Waals surface area (Å²) in [7, 11) is 1.55. The molecule has 0 bridgehead atoms. The van der Waals surface area contributed by atoms with Gasteiger partial charge in [-0.1, -0.05) is 23.7 Å². The Bertz CT molecular complexity index is 750. The Morgan fingerprint density at radius 3 is 2.35 bits per heavy atom. The molecule has 0 aliphatic carbocycles. The zero-order valence-corrected chi connectivity index (χ0v) is 17.5. The minimum Gasteiger partial charge on any atom is -0.484 e. The number of nitrogens with one attached hydrogen (secondary N) is 1. The van der Waals surface area contributed by atoms with Crippen LogP contribution in [-0.2, 0) is 16.1 Å². The van der Waals surface area contributed by atoms with Crippen molar-refractivity contribution in [1.29, 1.82) is 0 Å². The molecule has 0 radical (unpaired) electrons. The predicted octanol–water partition coefficient (Wildman–Crippen LogP) is 3.49. The lowest BCUT2D eigenvalue weighted by Crippen LogP contribution is -2.48. The average Bonchev–Trinajstić information content (AvgIpc) is 2.65. The maximum Gasteiger partial charge on any atom is 0.261 e. The number of benzene rings is 2. The zero-order chi connectivity index (χ0) is 19.1. The zero-order valence-electron chi connectivity index (χ0n) is 14.5. The Morgan fingerprint density at radius 2 is 1.77 bits per heavy atom. The van der Waals surface area contributed by atoms with Crippen molar-refractivity contribution in [2.75, 3.05) is 13.7 Å². The van der Waals surface area contributed by atoms with E-state index in [0.29, 0.717) is 17.3 Å². The highest BCUT2D eigenvalue weighted by Crippen LogP contribution is 2.16. The van der Waals surface area contributed by atoms with Gasteiger partial charge in [0.05, 0.1) is 0 Å². The van der Waals surface area contributed by atoms with Gasteiger partial charge in [-0.05, 0) is 71.5 Å². The molecular weight excluding hydrogens is 467 g/mol. The summed E-state index contributed by atoms with van der Waals surface area (Å²) in [6.07, 6.45) is 0. The molecule has 138 valence electrons. The van der Waals surface area contributed by atoms with Crippen LogP contribution < -0.4 is 10.1 Å². The van der Waals surface area contributed by atoms with Crippen LogP contribution in [0.1, 0.15) is 12.5 Å². The van der Waals surface area contributed by atoms with E-state index < -0.39 is 6.04 Å². The molecule has 2 amide bonds. The second-order valence-corrected chi connectivity index (χ2v) is 7.36. The van der Waals surface area contributed by atoms with Gasteiger partial charge in [-0.25, -0.2) is 0 Å². The Balaban J connectivity index is 2.10. The molecule has 0 fully saturated rings. The summed E-state index contributed by atoms with van der Waals surface area (Å²) < 4.78 is 6.66. The number of carbonyl (C=O) groups excluding carboxylic acids is 2. The normalized spacial score (nSPS) is 11.5. The molecule has 0 saturated heterocycles. The van der Waals surface area contributed by atoms with Crippen LogP contribution in [0.5, 0.6) is 5.75 Å². The molecule has 2 aromatic rings. The van der Waals surface area contributed by atoms with Crippen molar-refractivity contribution in [3.05, 3.63) is 62.7 Å². The van der Waals surface area contributed by atoms with Gasteiger partial charge in [-0.2, -0.15) is 0 Å². The molecule has 0 heterocycles. The molecule has 1 unspecified atom stereocenters. The van der Waals surface area contributed by atoms with Crippen molar-refractivity contribution in [3.8, 4) is 5.75 Å². The summed E-state index contributed by atoms with van der Waals surface area (Å²) >= 11 is 8.11. The average molecular weight is 487 g/mol. The van der Waals surface area contributed by atoms with E-state index in [2.05, 4.69) is 27.9 Å². The van der Waals surface area contributed by atoms with Gasteiger partial charge in [-0.3, -0.25) is 9.59 Å². The molecule has 0 saturated carbocycles. The van der Waals surface area contributed by atoms with Crippen molar-refractivity contribution in [1.82, 2.24) is 10.2 Å². The molecule has 0 aromatic heterocycles. The maximum absolute atomic E-state index is 12.7. The van der Waals surface area contributed by atoms with Gasteiger partial charge in [0.2, 0.25) is 5.91 Å². The minimum atomic E-state index is -0.622. The molecule has 1 N–H and O–H groups in total. The second-order valence-electron chi connectivity index (χ2n) is 5.68. The molecule has 2 aromatic carbocycles. The lowest BCUT2D eigenvalue weighted by atomic mass is 10.1. The van der Waals surface area contributed by atoms with Gasteiger partial charge in [-0.15, -0.1) is 0 Å². The Labute approximate surface area is 171 Å². The Kier molecular flexibility index (Phi) is 7.71. The highest BCUT2D eigenvalue weighted by Gasteiger charge is 2.25. The number of likely N-dealkylation sites (N-methyl/N-ethyl adjacent to an activating group) is 1. The van der Waals surface area contributed by atoms with Crippen LogP contribution in [0.15, 0.2) is 48.5 Å². The highest BCUT2D eigenvalue weighted by atomic mass is 127. The van der Waals surface area contributed by atoms with E-state index in [1.165, 1.54) is 4.90 Å². The number of amides is 2. The minimum absolute atomic E-state index is 0.143. The van der Waals surface area contributed by atoms with Crippen molar-refractivity contribution >= 4 is 46.0 Å². The number of rotatable bonds is 7. The molecule has 0 aliphatic rings. The third-order valence-corrected chi connectivity index (χ3v) is 4.83. The third kappa shape index (κ3) is 5.88. The van der Waals surface area contributed by atoms with E-state index in [1.807, 2.05) is 24.3 Å². The second kappa shape index (κ2) is 9.78. The number of hydrogen-bond donors (Lipinski definition) is 1. The smallest absolute Gasteiger partial charge is 0.261 e. The standard InChI is InChI=1S/C19H20ClIN2O3/c1-13(19(25)22-2)23(11-14-3-5-15(20)6-4-14)18(24)12-26-17-9-7-16(21)8-10-17/h3-10,13H,11-12H2,1-2H3,(H,22,25). The van der Waals surface area contributed by atoms with Crippen LogP contribution >= 0.6 is 34.2 Å². The van der Waals surface area contributed by atoms with Crippen molar-refractivity contribution in [2.24, 2.45) is 0 Å². The first-order valence-corrected chi connectivity index (χ1v) is 9.50. The van der Waals surface area contributed by atoms with Gasteiger partial charge < -0.3 is 15.0 Å². The fourth-order valence-electron chi connectivity index (χ4n) is 2.34. The molecule has 2 rings (SSSR count). The van der Waals surface area contributed by atoms with Crippen LogP contribution in [0.3, 0.4) is 0 Å². The molecule has 0 spiro atoms. The number of ether oxygens (including phenoxy) is 1. The summed E-state index contributed by atoms with van der Waals surface area (Å²) in [5.41, 5.74) is 0.882. The number of halogens is 2. The number of nitrogens with zero attached hydrogens (tertiary/aromatic N) is 1. The summed E-state index contributed by atoms with van der Waals surface area (Å²) in [6.45, 7) is 1.84. The monoisotopic (exact) mass is 486 g/mol. The highest BCUT2D eigenvalue weighted by molar-refractivity contribution is 14.1. The summed E-state index contributed by atoms with van der Waals surface area (Å²) in [6, 6.07) is 14.0. The molecule has 5 nitrogen and oxygen atoms in total. The van der Waals surface area contributed by atoms with E-state index in [1.54, 1.807) is 38.2 Å². The van der Waals surface area contributed by atoms with E-state index in [4.69, 9.17) is 16.3 Å². The number of hydrogen-bond acceptors (Lipinski definition) is 3. The van der Waals surface area contributed by atoms with Gasteiger partial charge in [0.15, 0.2) is 6.61 Å². The fraction of sp³-hybridized carbons (Fsp3) is 0.263. The predicted molar refractivity (Wildman–Crippen MR) is 110 cm³/mol. The van der Waals surface area contributed by atoms with Crippen molar-refractivity contribution < 1.29 is 14.3 Å². The summed E-state index contributed by atoms with van der Waals surface area (Å²) in [4.78, 5) is 26.3. The van der Waals surface area contributed by atoms with E-state index in [0.717, 1.165) is 9.13 Å². The van der Waals surface area contributed by atoms with Gasteiger partial charge in [0.1, 0.15) is 11.8 Å². The van der Waals surface area contributed by atoms with Gasteiger partial charge in [0, 0.05) is 22.2 Å². The molecular formula is C19H20ClIN2O3. The largest absolute Gasteiger partial charge is 0.484 e. The van der Waals surface area contributed by atoms with Crippen LogP contribution in [0.25, 0.3) is 0 Å². The first-order chi connectivity index (χ1) is 12.4. The topological polar surface area (TPSA) is 58.6 Å². The van der Waals surface area contributed by atoms with Gasteiger partial charge >= 0.3 is 0 Å². The van der Waals surface area contributed by atoms with Crippen LogP contribution in [-0.4, -0.2) is 36.4 Å². The fourth-order valence-corrected chi connectivity index (χ4v) is 2.82. The van der Waals surface area contributed by atoms with E-state index in [-0.39, 0.29) is 18.4 Å². The summed E-state index contributed by atoms with van der Waals surface area (Å²) in [5.74, 6) is 0.106. The molecule has 26 heavy (non-hydrogen) atoms. The summed E-state index contributed by atoms with van der Waals surface area (Å²) in [5, 5.41) is 3.20. The Morgan fingerprint density at radius 1 is 1.15 bits per heavy atom. The van der Waals surface area contributed by atoms with Crippen LogP contribution in [0.4, 0.5) is 0 Å². The van der Waals surface area contributed by atoms with Crippen LogP contribution in [0, 0.1) is 3.57 Å². The SMILES string of the molecule is CNC(=O)C(C)N(Cc1ccc(Cl)cc1)C(=O)COc1ccc(I)cc1. The number of carbonyl (C=O) groups is 2. The van der Waals surface area contributed by atoms with Crippen LogP contribution in [0.2, 0.25) is 5.02 Å². The van der Waals surface area contributed by atoms with E-state index >= 15 is 0 Å². The van der Waals surface area contributed by atoms with Gasteiger partial charge in [0.25, 0.3) is 5.91 Å². The Hall–Kier alpha value is -1.80. The van der Waals surface area contributed by atoms with E-state index in [9.17, 15) is 9.59 Å². The molecule has 0 aliphatic heterocycles. The van der Waals surface area contributed by atoms with Crippen molar-refractivity contribution in [3.63, 3.8) is 0 Å². The lowest BCUT2D eigenvalue weighted by Gasteiger charge is -2.28. The first kappa shape index (κ1) is 20.5.